The van der Waals surface area contributed by atoms with Crippen molar-refractivity contribution in [2.75, 3.05) is 6.61 Å². The Morgan fingerprint density at radius 1 is 1.28 bits per heavy atom. The second kappa shape index (κ2) is 5.41. The molecule has 1 unspecified atom stereocenters. The van der Waals surface area contributed by atoms with Gasteiger partial charge in [-0.2, -0.15) is 0 Å². The number of hydrogen-bond donors (Lipinski definition) is 1. The Morgan fingerprint density at radius 2 is 1.94 bits per heavy atom. The van der Waals surface area contributed by atoms with Gasteiger partial charge in [-0.3, -0.25) is 0 Å². The van der Waals surface area contributed by atoms with Crippen LogP contribution in [0.4, 0.5) is 0 Å². The lowest BCUT2D eigenvalue weighted by molar-refractivity contribution is -0.0630. The Kier molecular flexibility index (Phi) is 4.08. The molecule has 1 aliphatic heterocycles. The summed E-state index contributed by atoms with van der Waals surface area (Å²) in [6.07, 6.45) is 2.21. The Bertz CT molecular complexity index is 391. The minimum absolute atomic E-state index is 0.0245. The summed E-state index contributed by atoms with van der Waals surface area (Å²) < 4.78 is 5.76. The lowest BCUT2D eigenvalue weighted by Gasteiger charge is -2.36. The van der Waals surface area contributed by atoms with Crippen molar-refractivity contribution in [2.45, 2.75) is 58.7 Å². The molecule has 1 saturated heterocycles. The highest BCUT2D eigenvalue weighted by Gasteiger charge is 2.28. The maximum absolute atomic E-state index is 5.76. The van der Waals surface area contributed by atoms with Crippen LogP contribution in [0.3, 0.4) is 0 Å². The molecule has 1 aliphatic rings. The van der Waals surface area contributed by atoms with Gasteiger partial charge in [-0.05, 0) is 57.2 Å². The van der Waals surface area contributed by atoms with Crippen LogP contribution in [0.2, 0.25) is 0 Å². The van der Waals surface area contributed by atoms with Gasteiger partial charge in [-0.1, -0.05) is 18.2 Å². The third-order valence-corrected chi connectivity index (χ3v) is 3.91. The topological polar surface area (TPSA) is 21.3 Å². The second-order valence-electron chi connectivity index (χ2n) is 6.05. The molecule has 2 heteroatoms. The minimum Gasteiger partial charge on any atom is -0.375 e. The molecule has 0 radical (unpaired) electrons. The molecule has 1 aromatic rings. The first-order chi connectivity index (χ1) is 8.48. The normalized spacial score (nSPS) is 23.0. The molecule has 1 aromatic carbocycles. The van der Waals surface area contributed by atoms with Crippen LogP contribution in [0, 0.1) is 13.8 Å². The predicted octanol–water partition coefficient (Wildman–Crippen LogP) is 3.35. The van der Waals surface area contributed by atoms with Crippen LogP contribution in [0.25, 0.3) is 0 Å². The van der Waals surface area contributed by atoms with E-state index in [9.17, 15) is 0 Å². The van der Waals surface area contributed by atoms with Crippen LogP contribution in [0.1, 0.15) is 43.4 Å². The number of aryl methyl sites for hydroxylation is 2. The molecular weight excluding hydrogens is 222 g/mol. The molecule has 0 bridgehead atoms. The van der Waals surface area contributed by atoms with Gasteiger partial charge in [0, 0.05) is 19.2 Å². The zero-order valence-corrected chi connectivity index (χ0v) is 12.0. The summed E-state index contributed by atoms with van der Waals surface area (Å²) in [7, 11) is 0. The van der Waals surface area contributed by atoms with Crippen molar-refractivity contribution in [1.29, 1.82) is 0 Å². The molecule has 0 spiro atoms. The van der Waals surface area contributed by atoms with Gasteiger partial charge in [0.2, 0.25) is 0 Å². The van der Waals surface area contributed by atoms with E-state index in [2.05, 4.69) is 51.2 Å². The molecule has 0 aliphatic carbocycles. The van der Waals surface area contributed by atoms with E-state index >= 15 is 0 Å². The van der Waals surface area contributed by atoms with E-state index < -0.39 is 0 Å². The van der Waals surface area contributed by atoms with Crippen molar-refractivity contribution in [3.8, 4) is 0 Å². The van der Waals surface area contributed by atoms with Gasteiger partial charge in [0.25, 0.3) is 0 Å². The molecular formula is C16H25NO. The van der Waals surface area contributed by atoms with Gasteiger partial charge in [0.15, 0.2) is 0 Å². The fraction of sp³-hybridized carbons (Fsp3) is 0.625. The first-order valence-electron chi connectivity index (χ1n) is 6.90. The summed E-state index contributed by atoms with van der Waals surface area (Å²) in [4.78, 5) is 0. The van der Waals surface area contributed by atoms with E-state index in [-0.39, 0.29) is 5.60 Å². The molecule has 0 aromatic heterocycles. The number of nitrogens with one attached hydrogen (secondary N) is 1. The van der Waals surface area contributed by atoms with E-state index in [0.717, 1.165) is 26.0 Å². The van der Waals surface area contributed by atoms with Crippen molar-refractivity contribution in [2.24, 2.45) is 0 Å². The summed E-state index contributed by atoms with van der Waals surface area (Å²) in [6.45, 7) is 10.6. The van der Waals surface area contributed by atoms with Gasteiger partial charge >= 0.3 is 0 Å². The minimum atomic E-state index is 0.0245. The molecule has 18 heavy (non-hydrogen) atoms. The van der Waals surface area contributed by atoms with Gasteiger partial charge in [0.05, 0.1) is 5.60 Å². The van der Waals surface area contributed by atoms with Gasteiger partial charge in [0.1, 0.15) is 0 Å². The maximum Gasteiger partial charge on any atom is 0.0641 e. The third kappa shape index (κ3) is 3.33. The first-order valence-corrected chi connectivity index (χ1v) is 6.90. The average Bonchev–Trinajstić information content (AvgIpc) is 2.27. The number of hydrogen-bond acceptors (Lipinski definition) is 2. The van der Waals surface area contributed by atoms with Crippen LogP contribution in [0.5, 0.6) is 0 Å². The Labute approximate surface area is 111 Å². The lowest BCUT2D eigenvalue weighted by atomic mass is 9.93. The Hall–Kier alpha value is -0.860. The van der Waals surface area contributed by atoms with Crippen LogP contribution in [-0.4, -0.2) is 18.2 Å². The van der Waals surface area contributed by atoms with Crippen LogP contribution in [-0.2, 0) is 11.3 Å². The van der Waals surface area contributed by atoms with Gasteiger partial charge in [-0.15, -0.1) is 0 Å². The highest BCUT2D eigenvalue weighted by Crippen LogP contribution is 2.24. The molecule has 0 amide bonds. The van der Waals surface area contributed by atoms with Crippen molar-refractivity contribution in [1.82, 2.24) is 5.32 Å². The SMILES string of the molecule is Cc1cccc(C)c1CNC1CCOC(C)(C)C1. The largest absolute Gasteiger partial charge is 0.375 e. The highest BCUT2D eigenvalue weighted by molar-refractivity contribution is 5.33. The van der Waals surface area contributed by atoms with E-state index in [1.54, 1.807) is 0 Å². The van der Waals surface area contributed by atoms with E-state index in [0.29, 0.717) is 6.04 Å². The van der Waals surface area contributed by atoms with Crippen molar-refractivity contribution in [3.05, 3.63) is 34.9 Å². The Morgan fingerprint density at radius 3 is 2.56 bits per heavy atom. The molecule has 1 fully saturated rings. The quantitative estimate of drug-likeness (QED) is 0.884. The van der Waals surface area contributed by atoms with E-state index in [1.165, 1.54) is 16.7 Å². The van der Waals surface area contributed by atoms with Crippen LogP contribution < -0.4 is 5.32 Å². The van der Waals surface area contributed by atoms with Crippen molar-refractivity contribution in [3.63, 3.8) is 0 Å². The summed E-state index contributed by atoms with van der Waals surface area (Å²) in [5.41, 5.74) is 4.24. The lowest BCUT2D eigenvalue weighted by Crippen LogP contribution is -2.43. The molecule has 1 heterocycles. The van der Waals surface area contributed by atoms with E-state index in [4.69, 9.17) is 4.74 Å². The fourth-order valence-electron chi connectivity index (χ4n) is 2.78. The average molecular weight is 247 g/mol. The zero-order chi connectivity index (χ0) is 13.2. The molecule has 1 N–H and O–H groups in total. The maximum atomic E-state index is 5.76. The molecule has 1 atom stereocenters. The highest BCUT2D eigenvalue weighted by atomic mass is 16.5. The fourth-order valence-corrected chi connectivity index (χ4v) is 2.78. The second-order valence-corrected chi connectivity index (χ2v) is 6.05. The predicted molar refractivity (Wildman–Crippen MR) is 75.8 cm³/mol. The van der Waals surface area contributed by atoms with Crippen molar-refractivity contribution >= 4 is 0 Å². The third-order valence-electron chi connectivity index (χ3n) is 3.91. The monoisotopic (exact) mass is 247 g/mol. The molecule has 2 nitrogen and oxygen atoms in total. The zero-order valence-electron chi connectivity index (χ0n) is 12.0. The molecule has 2 rings (SSSR count). The smallest absolute Gasteiger partial charge is 0.0641 e. The standard InChI is InChI=1S/C16H25NO/c1-12-6-5-7-13(2)15(12)11-17-14-8-9-18-16(3,4)10-14/h5-7,14,17H,8-11H2,1-4H3. The van der Waals surface area contributed by atoms with Crippen LogP contribution in [0.15, 0.2) is 18.2 Å². The number of ether oxygens (including phenoxy) is 1. The van der Waals surface area contributed by atoms with Gasteiger partial charge in [-0.25, -0.2) is 0 Å². The number of rotatable bonds is 3. The molecule has 100 valence electrons. The summed E-state index contributed by atoms with van der Waals surface area (Å²) in [6, 6.07) is 7.09. The van der Waals surface area contributed by atoms with E-state index in [1.807, 2.05) is 0 Å². The Balaban J connectivity index is 1.95. The summed E-state index contributed by atoms with van der Waals surface area (Å²) >= 11 is 0. The molecule has 0 saturated carbocycles. The number of benzene rings is 1. The van der Waals surface area contributed by atoms with Gasteiger partial charge < -0.3 is 10.1 Å². The first kappa shape index (κ1) is 13.6. The summed E-state index contributed by atoms with van der Waals surface area (Å²) in [5.74, 6) is 0. The summed E-state index contributed by atoms with van der Waals surface area (Å²) in [5, 5.41) is 3.70. The van der Waals surface area contributed by atoms with Crippen molar-refractivity contribution < 1.29 is 4.74 Å². The van der Waals surface area contributed by atoms with Crippen LogP contribution >= 0.6 is 0 Å².